The molecule has 1 aromatic carbocycles. The van der Waals surface area contributed by atoms with Crippen LogP contribution in [0, 0.1) is 0 Å². The molecule has 0 fully saturated rings. The van der Waals surface area contributed by atoms with Crippen LogP contribution in [0.2, 0.25) is 0 Å². The van der Waals surface area contributed by atoms with Gasteiger partial charge in [-0.05, 0) is 36.3 Å². The highest BCUT2D eigenvalue weighted by Crippen LogP contribution is 2.48. The van der Waals surface area contributed by atoms with Gasteiger partial charge in [0.2, 0.25) is 0 Å². The van der Waals surface area contributed by atoms with Crippen molar-refractivity contribution in [3.05, 3.63) is 29.8 Å². The molecule has 1 atom stereocenters. The molecule has 0 saturated carbocycles. The van der Waals surface area contributed by atoms with Gasteiger partial charge in [-0.25, -0.2) is 0 Å². The number of hydrogen-bond donors (Lipinski definition) is 2. The van der Waals surface area contributed by atoms with Gasteiger partial charge in [0, 0.05) is 0 Å². The summed E-state index contributed by atoms with van der Waals surface area (Å²) in [7, 11) is 0. The summed E-state index contributed by atoms with van der Waals surface area (Å²) in [6.07, 6.45) is 3.17. The zero-order valence-corrected chi connectivity index (χ0v) is 11.2. The average Bonchev–Trinajstić information content (AvgIpc) is 2.14. The van der Waals surface area contributed by atoms with E-state index in [1.807, 2.05) is 24.3 Å². The van der Waals surface area contributed by atoms with Crippen LogP contribution in [-0.4, -0.2) is 4.89 Å². The molecule has 1 aromatic rings. The fourth-order valence-electron chi connectivity index (χ4n) is 1.29. The Hall–Kier alpha value is -0.0200. The van der Waals surface area contributed by atoms with E-state index >= 15 is 0 Å². The zero-order valence-electron chi connectivity index (χ0n) is 8.59. The molecule has 84 valence electrons. The molecule has 0 aliphatic heterocycles. The second kappa shape index (κ2) is 5.90. The van der Waals surface area contributed by atoms with E-state index in [0.717, 1.165) is 24.8 Å². The number of benzene rings is 1. The first kappa shape index (κ1) is 13.0. The fraction of sp³-hybridized carbons (Fsp3) is 0.400. The van der Waals surface area contributed by atoms with Crippen LogP contribution in [0.3, 0.4) is 0 Å². The maximum absolute atomic E-state index is 9.39. The minimum absolute atomic E-state index is 0.659. The lowest BCUT2D eigenvalue weighted by Crippen LogP contribution is -1.92. The Labute approximate surface area is 101 Å². The summed E-state index contributed by atoms with van der Waals surface area (Å²) >= 11 is 8.61. The molecule has 0 spiro atoms. The topological polar surface area (TPSA) is 29.5 Å². The van der Waals surface area contributed by atoms with Gasteiger partial charge in [0.15, 0.2) is 0 Å². The Morgan fingerprint density at radius 2 is 2.13 bits per heavy atom. The number of rotatable bonds is 5. The number of thiol groups is 1. The second-order valence-corrected chi connectivity index (χ2v) is 8.38. The molecule has 0 heterocycles. The van der Waals surface area contributed by atoms with Crippen molar-refractivity contribution in [1.82, 2.24) is 0 Å². The van der Waals surface area contributed by atoms with E-state index in [0.29, 0.717) is 5.75 Å². The van der Waals surface area contributed by atoms with Crippen LogP contribution in [0.1, 0.15) is 25.3 Å². The molecule has 0 aliphatic rings. The van der Waals surface area contributed by atoms with Crippen molar-refractivity contribution in [1.29, 1.82) is 0 Å². The van der Waals surface area contributed by atoms with Crippen molar-refractivity contribution in [3.63, 3.8) is 0 Å². The third-order valence-electron chi connectivity index (χ3n) is 1.99. The number of hydrogen-bond acceptors (Lipinski definition) is 2. The fourth-order valence-corrected chi connectivity index (χ4v) is 2.23. The molecule has 0 amide bonds. The van der Waals surface area contributed by atoms with Gasteiger partial charge in [-0.3, -0.25) is 0 Å². The Balaban J connectivity index is 2.81. The van der Waals surface area contributed by atoms with Gasteiger partial charge in [-0.1, -0.05) is 43.8 Å². The second-order valence-electron chi connectivity index (χ2n) is 3.29. The minimum Gasteiger partial charge on any atom is -0.436 e. The van der Waals surface area contributed by atoms with Crippen LogP contribution in [0.4, 0.5) is 0 Å². The van der Waals surface area contributed by atoms with E-state index in [1.165, 1.54) is 0 Å². The van der Waals surface area contributed by atoms with Gasteiger partial charge in [0.25, 0.3) is 5.69 Å². The Morgan fingerprint density at radius 1 is 1.47 bits per heavy atom. The number of para-hydroxylation sites is 1. The summed E-state index contributed by atoms with van der Waals surface area (Å²) in [6, 6.07) is 7.63. The third kappa shape index (κ3) is 5.03. The van der Waals surface area contributed by atoms with Crippen LogP contribution in [0.15, 0.2) is 24.3 Å². The standard InChI is InChI=1S/C10H15O2PS2/c1-2-3-6-9-7-4-5-8-10(9)12-13(11,14)15/h4-5,7-8H,2-3,6H2,1H3,(H2,11,14,15). The van der Waals surface area contributed by atoms with Gasteiger partial charge in [-0.15, -0.1) is 0 Å². The van der Waals surface area contributed by atoms with Gasteiger partial charge in [-0.2, -0.15) is 0 Å². The Bertz CT molecular complexity index is 362. The largest absolute Gasteiger partial charge is 0.436 e. The van der Waals surface area contributed by atoms with E-state index in [9.17, 15) is 4.89 Å². The maximum atomic E-state index is 9.39. The molecule has 1 unspecified atom stereocenters. The van der Waals surface area contributed by atoms with E-state index < -0.39 is 5.69 Å². The summed E-state index contributed by atoms with van der Waals surface area (Å²) in [5.74, 6) is 0.659. The highest BCUT2D eigenvalue weighted by molar-refractivity contribution is 8.59. The number of aryl methyl sites for hydroxylation is 1. The van der Waals surface area contributed by atoms with E-state index in [2.05, 4.69) is 19.2 Å². The molecular weight excluding hydrogens is 247 g/mol. The van der Waals surface area contributed by atoms with Crippen molar-refractivity contribution in [3.8, 4) is 5.75 Å². The zero-order chi connectivity index (χ0) is 11.3. The van der Waals surface area contributed by atoms with Crippen molar-refractivity contribution in [2.75, 3.05) is 0 Å². The van der Waals surface area contributed by atoms with Crippen molar-refractivity contribution >= 4 is 29.7 Å². The van der Waals surface area contributed by atoms with Gasteiger partial charge in [0.05, 0.1) is 0 Å². The average molecular weight is 262 g/mol. The van der Waals surface area contributed by atoms with Crippen molar-refractivity contribution in [2.45, 2.75) is 26.2 Å². The summed E-state index contributed by atoms with van der Waals surface area (Å²) in [6.45, 7) is 2.14. The maximum Gasteiger partial charge on any atom is 0.291 e. The molecule has 2 nitrogen and oxygen atoms in total. The monoisotopic (exact) mass is 262 g/mol. The van der Waals surface area contributed by atoms with Crippen molar-refractivity contribution in [2.24, 2.45) is 0 Å². The van der Waals surface area contributed by atoms with Crippen LogP contribution in [-0.2, 0) is 18.2 Å². The summed E-state index contributed by atoms with van der Waals surface area (Å²) in [5.41, 5.74) is -1.84. The molecule has 1 N–H and O–H groups in total. The normalized spacial score (nSPS) is 14.6. The molecule has 0 aromatic heterocycles. The Kier molecular flexibility index (Phi) is 5.13. The molecule has 0 bridgehead atoms. The van der Waals surface area contributed by atoms with Crippen LogP contribution in [0.25, 0.3) is 0 Å². The van der Waals surface area contributed by atoms with E-state index in [4.69, 9.17) is 16.3 Å². The molecule has 15 heavy (non-hydrogen) atoms. The van der Waals surface area contributed by atoms with E-state index in [-0.39, 0.29) is 0 Å². The van der Waals surface area contributed by atoms with Gasteiger partial charge < -0.3 is 9.42 Å². The smallest absolute Gasteiger partial charge is 0.291 e. The highest BCUT2D eigenvalue weighted by Gasteiger charge is 2.11. The highest BCUT2D eigenvalue weighted by atomic mass is 32.9. The first-order valence-corrected chi connectivity index (χ1v) is 8.68. The number of unbranched alkanes of at least 4 members (excludes halogenated alkanes) is 1. The first-order valence-electron chi connectivity index (χ1n) is 4.86. The third-order valence-corrected chi connectivity index (χ3v) is 2.89. The van der Waals surface area contributed by atoms with Gasteiger partial charge >= 0.3 is 0 Å². The quantitative estimate of drug-likeness (QED) is 0.628. The summed E-state index contributed by atoms with van der Waals surface area (Å²) in [5, 5.41) is 0. The molecule has 1 rings (SSSR count). The summed E-state index contributed by atoms with van der Waals surface area (Å²) < 4.78 is 5.28. The molecule has 0 aliphatic carbocycles. The molecule has 5 heteroatoms. The van der Waals surface area contributed by atoms with E-state index in [1.54, 1.807) is 0 Å². The van der Waals surface area contributed by atoms with Crippen molar-refractivity contribution < 1.29 is 9.42 Å². The lowest BCUT2D eigenvalue weighted by Gasteiger charge is -2.14. The Morgan fingerprint density at radius 3 is 2.73 bits per heavy atom. The lowest BCUT2D eigenvalue weighted by molar-refractivity contribution is 0.500. The van der Waals surface area contributed by atoms with Crippen LogP contribution >= 0.6 is 17.9 Å². The predicted molar refractivity (Wildman–Crippen MR) is 71.2 cm³/mol. The summed E-state index contributed by atoms with van der Waals surface area (Å²) in [4.78, 5) is 9.39. The van der Waals surface area contributed by atoms with Gasteiger partial charge in [0.1, 0.15) is 5.75 Å². The molecular formula is C10H15O2PS2. The predicted octanol–water partition coefficient (Wildman–Crippen LogP) is 3.55. The lowest BCUT2D eigenvalue weighted by atomic mass is 10.1. The van der Waals surface area contributed by atoms with Crippen LogP contribution in [0.5, 0.6) is 5.75 Å². The first-order chi connectivity index (χ1) is 7.03. The van der Waals surface area contributed by atoms with Crippen LogP contribution < -0.4 is 4.52 Å². The molecule has 0 saturated heterocycles. The minimum atomic E-state index is -2.92. The molecule has 0 radical (unpaired) electrons. The SMILES string of the molecule is CCCCc1ccccc1OP(O)(=S)S.